The molecule has 1 aromatic carbocycles. The fourth-order valence-corrected chi connectivity index (χ4v) is 4.34. The summed E-state index contributed by atoms with van der Waals surface area (Å²) in [7, 11) is -3.30. The number of rotatable bonds is 4. The van der Waals surface area contributed by atoms with E-state index in [-0.39, 0.29) is 0 Å². The molecule has 1 aromatic rings. The topological polar surface area (TPSA) is 37.4 Å². The van der Waals surface area contributed by atoms with Gasteiger partial charge in [-0.3, -0.25) is 0 Å². The van der Waals surface area contributed by atoms with Gasteiger partial charge in [0, 0.05) is 17.6 Å². The van der Waals surface area contributed by atoms with Gasteiger partial charge >= 0.3 is 0 Å². The van der Waals surface area contributed by atoms with E-state index in [0.717, 1.165) is 17.3 Å². The quantitative estimate of drug-likeness (QED) is 0.835. The Hall–Kier alpha value is -0.390. The fourth-order valence-electron chi connectivity index (χ4n) is 2.60. The lowest BCUT2D eigenvalue weighted by Crippen LogP contribution is -2.38. The highest BCUT2D eigenvalue weighted by Gasteiger charge is 2.28. The molecular weight excluding hydrogens is 326 g/mol. The van der Waals surface area contributed by atoms with Gasteiger partial charge in [0.2, 0.25) is 10.0 Å². The standard InChI is InChI=1S/C14H20BrNO2S/c1-2-3-12-8-10-16(11-9-12)19(17,18)14-6-4-13(15)5-7-14/h4-7,12H,2-3,8-11H2,1H3. The third-order valence-corrected chi connectivity index (χ3v) is 6.16. The van der Waals surface area contributed by atoms with Gasteiger partial charge in [-0.1, -0.05) is 35.7 Å². The Balaban J connectivity index is 2.07. The number of benzene rings is 1. The van der Waals surface area contributed by atoms with E-state index in [2.05, 4.69) is 22.9 Å². The van der Waals surface area contributed by atoms with Crippen LogP contribution in [0, 0.1) is 5.92 Å². The lowest BCUT2D eigenvalue weighted by molar-refractivity contribution is 0.262. The molecule has 0 saturated carbocycles. The van der Waals surface area contributed by atoms with Crippen LogP contribution in [0.2, 0.25) is 0 Å². The van der Waals surface area contributed by atoms with E-state index < -0.39 is 10.0 Å². The predicted octanol–water partition coefficient (Wildman–Crippen LogP) is 3.65. The molecule has 0 bridgehead atoms. The largest absolute Gasteiger partial charge is 0.243 e. The average Bonchev–Trinajstić information content (AvgIpc) is 2.40. The van der Waals surface area contributed by atoms with Gasteiger partial charge < -0.3 is 0 Å². The molecule has 0 unspecified atom stereocenters. The highest BCUT2D eigenvalue weighted by molar-refractivity contribution is 9.10. The van der Waals surface area contributed by atoms with E-state index in [9.17, 15) is 8.42 Å². The van der Waals surface area contributed by atoms with Crippen molar-refractivity contribution in [2.45, 2.75) is 37.5 Å². The minimum Gasteiger partial charge on any atom is -0.207 e. The molecule has 0 aliphatic carbocycles. The van der Waals surface area contributed by atoms with Gasteiger partial charge in [0.25, 0.3) is 0 Å². The first-order valence-electron chi connectivity index (χ1n) is 6.79. The molecule has 2 rings (SSSR count). The Morgan fingerprint density at radius 2 is 1.79 bits per heavy atom. The average molecular weight is 346 g/mol. The fraction of sp³-hybridized carbons (Fsp3) is 0.571. The first-order valence-corrected chi connectivity index (χ1v) is 9.03. The molecule has 0 aromatic heterocycles. The zero-order valence-corrected chi connectivity index (χ0v) is 13.6. The first kappa shape index (κ1) is 15.0. The van der Waals surface area contributed by atoms with Crippen LogP contribution in [-0.4, -0.2) is 25.8 Å². The van der Waals surface area contributed by atoms with Crippen LogP contribution >= 0.6 is 15.9 Å². The van der Waals surface area contributed by atoms with Gasteiger partial charge in [0.05, 0.1) is 4.90 Å². The molecule has 1 saturated heterocycles. The molecule has 1 aliphatic rings. The van der Waals surface area contributed by atoms with E-state index >= 15 is 0 Å². The van der Waals surface area contributed by atoms with Crippen molar-refractivity contribution >= 4 is 26.0 Å². The third kappa shape index (κ3) is 3.58. The van der Waals surface area contributed by atoms with Crippen molar-refractivity contribution in [3.63, 3.8) is 0 Å². The zero-order valence-electron chi connectivity index (χ0n) is 11.2. The number of hydrogen-bond donors (Lipinski definition) is 0. The van der Waals surface area contributed by atoms with E-state index in [1.807, 2.05) is 0 Å². The molecule has 19 heavy (non-hydrogen) atoms. The lowest BCUT2D eigenvalue weighted by Gasteiger charge is -2.31. The molecular formula is C14H20BrNO2S. The summed E-state index contributed by atoms with van der Waals surface area (Å²) in [4.78, 5) is 0.393. The van der Waals surface area contributed by atoms with Gasteiger partial charge in [-0.2, -0.15) is 4.31 Å². The van der Waals surface area contributed by atoms with E-state index in [1.54, 1.807) is 28.6 Å². The number of piperidine rings is 1. The minimum atomic E-state index is -3.30. The van der Waals surface area contributed by atoms with Gasteiger partial charge in [-0.25, -0.2) is 8.42 Å². The highest BCUT2D eigenvalue weighted by Crippen LogP contribution is 2.26. The van der Waals surface area contributed by atoms with Crippen LogP contribution in [-0.2, 0) is 10.0 Å². The smallest absolute Gasteiger partial charge is 0.207 e. The summed E-state index contributed by atoms with van der Waals surface area (Å²) in [6.07, 6.45) is 4.38. The molecule has 0 atom stereocenters. The number of nitrogens with zero attached hydrogens (tertiary/aromatic N) is 1. The SMILES string of the molecule is CCCC1CCN(S(=O)(=O)c2ccc(Br)cc2)CC1. The van der Waals surface area contributed by atoms with Crippen LogP contribution < -0.4 is 0 Å². The number of hydrogen-bond acceptors (Lipinski definition) is 2. The van der Waals surface area contributed by atoms with Crippen molar-refractivity contribution in [2.24, 2.45) is 5.92 Å². The Kier molecular flexibility index (Phi) is 5.03. The molecule has 1 heterocycles. The van der Waals surface area contributed by atoms with Crippen molar-refractivity contribution in [3.8, 4) is 0 Å². The minimum absolute atomic E-state index is 0.393. The van der Waals surface area contributed by atoms with Crippen molar-refractivity contribution in [1.82, 2.24) is 4.31 Å². The van der Waals surface area contributed by atoms with Gasteiger partial charge in [0.15, 0.2) is 0 Å². The second-order valence-corrected chi connectivity index (χ2v) is 7.94. The summed E-state index contributed by atoms with van der Waals surface area (Å²) in [5.74, 6) is 0.696. The van der Waals surface area contributed by atoms with E-state index in [0.29, 0.717) is 23.9 Å². The van der Waals surface area contributed by atoms with Crippen LogP contribution in [0.5, 0.6) is 0 Å². The Morgan fingerprint density at radius 1 is 1.21 bits per heavy atom. The normalized spacial score (nSPS) is 18.6. The molecule has 0 radical (unpaired) electrons. The Bertz CT molecular complexity index is 505. The van der Waals surface area contributed by atoms with Crippen LogP contribution in [0.1, 0.15) is 32.6 Å². The van der Waals surface area contributed by atoms with Gasteiger partial charge in [-0.05, 0) is 43.0 Å². The van der Waals surface area contributed by atoms with Gasteiger partial charge in [0.1, 0.15) is 0 Å². The highest BCUT2D eigenvalue weighted by atomic mass is 79.9. The van der Waals surface area contributed by atoms with Crippen LogP contribution in [0.3, 0.4) is 0 Å². The second-order valence-electron chi connectivity index (χ2n) is 5.09. The van der Waals surface area contributed by atoms with Crippen molar-refractivity contribution in [3.05, 3.63) is 28.7 Å². The first-order chi connectivity index (χ1) is 9.04. The predicted molar refractivity (Wildman–Crippen MR) is 80.5 cm³/mol. The van der Waals surface area contributed by atoms with Crippen LogP contribution in [0.4, 0.5) is 0 Å². The van der Waals surface area contributed by atoms with E-state index in [1.165, 1.54) is 12.8 Å². The van der Waals surface area contributed by atoms with Gasteiger partial charge in [-0.15, -0.1) is 0 Å². The molecule has 0 amide bonds. The Labute approximate surface area is 124 Å². The third-order valence-electron chi connectivity index (χ3n) is 3.72. The molecule has 5 heteroatoms. The molecule has 0 spiro atoms. The summed E-state index contributed by atoms with van der Waals surface area (Å²) in [6, 6.07) is 6.88. The van der Waals surface area contributed by atoms with Crippen molar-refractivity contribution < 1.29 is 8.42 Å². The molecule has 106 valence electrons. The monoisotopic (exact) mass is 345 g/mol. The summed E-state index contributed by atoms with van der Waals surface area (Å²) in [5, 5.41) is 0. The second kappa shape index (κ2) is 6.37. The maximum absolute atomic E-state index is 12.5. The van der Waals surface area contributed by atoms with Crippen molar-refractivity contribution in [1.29, 1.82) is 0 Å². The summed E-state index contributed by atoms with van der Waals surface area (Å²) in [6.45, 7) is 3.50. The maximum Gasteiger partial charge on any atom is 0.243 e. The summed E-state index contributed by atoms with van der Waals surface area (Å²) >= 11 is 3.32. The van der Waals surface area contributed by atoms with Crippen LogP contribution in [0.25, 0.3) is 0 Å². The summed E-state index contributed by atoms with van der Waals surface area (Å²) < 4.78 is 27.5. The molecule has 3 nitrogen and oxygen atoms in total. The maximum atomic E-state index is 12.5. The van der Waals surface area contributed by atoms with Crippen LogP contribution in [0.15, 0.2) is 33.6 Å². The molecule has 1 fully saturated rings. The van der Waals surface area contributed by atoms with E-state index in [4.69, 9.17) is 0 Å². The number of sulfonamides is 1. The lowest BCUT2D eigenvalue weighted by atomic mass is 9.94. The Morgan fingerprint density at radius 3 is 2.32 bits per heavy atom. The molecule has 1 aliphatic heterocycles. The summed E-state index contributed by atoms with van der Waals surface area (Å²) in [5.41, 5.74) is 0. The zero-order chi connectivity index (χ0) is 13.9. The number of halogens is 1. The van der Waals surface area contributed by atoms with Crippen molar-refractivity contribution in [2.75, 3.05) is 13.1 Å². The molecule has 0 N–H and O–H groups in total.